The number of hydrogen-bond acceptors (Lipinski definition) is 2. The highest BCUT2D eigenvalue weighted by Crippen LogP contribution is 2.38. The van der Waals surface area contributed by atoms with Crippen molar-refractivity contribution in [3.8, 4) is 0 Å². The van der Waals surface area contributed by atoms with Crippen LogP contribution in [-0.2, 0) is 4.74 Å². The first-order chi connectivity index (χ1) is 6.99. The third-order valence-corrected chi connectivity index (χ3v) is 3.77. The second-order valence-corrected chi connectivity index (χ2v) is 5.76. The molecule has 1 saturated carbocycles. The number of rotatable bonds is 3. The molecular weight excluding hydrogens is 186 g/mol. The molecule has 0 radical (unpaired) electrons. The molecule has 2 heteroatoms. The fraction of sp³-hybridized carbons (Fsp3) is 1.00. The zero-order valence-corrected chi connectivity index (χ0v) is 11.0. The SMILES string of the molecule is CCOC1CC(C(C)(C)C)CCC1NC. The van der Waals surface area contributed by atoms with E-state index < -0.39 is 0 Å². The summed E-state index contributed by atoms with van der Waals surface area (Å²) in [5.74, 6) is 0.804. The summed E-state index contributed by atoms with van der Waals surface area (Å²) in [5.41, 5.74) is 0.425. The lowest BCUT2D eigenvalue weighted by Crippen LogP contribution is -2.46. The Morgan fingerprint density at radius 2 is 1.93 bits per heavy atom. The van der Waals surface area contributed by atoms with Crippen molar-refractivity contribution in [1.82, 2.24) is 5.32 Å². The van der Waals surface area contributed by atoms with Crippen LogP contribution in [0.25, 0.3) is 0 Å². The summed E-state index contributed by atoms with van der Waals surface area (Å²) in [6.45, 7) is 9.97. The maximum Gasteiger partial charge on any atom is 0.0730 e. The van der Waals surface area contributed by atoms with Crippen LogP contribution < -0.4 is 5.32 Å². The van der Waals surface area contributed by atoms with Gasteiger partial charge in [0.15, 0.2) is 0 Å². The zero-order chi connectivity index (χ0) is 11.5. The first-order valence-corrected chi connectivity index (χ1v) is 6.28. The Morgan fingerprint density at radius 3 is 2.40 bits per heavy atom. The Hall–Kier alpha value is -0.0800. The van der Waals surface area contributed by atoms with Crippen molar-refractivity contribution in [3.63, 3.8) is 0 Å². The predicted molar refractivity (Wildman–Crippen MR) is 65.1 cm³/mol. The predicted octanol–water partition coefficient (Wildman–Crippen LogP) is 2.83. The summed E-state index contributed by atoms with van der Waals surface area (Å²) in [4.78, 5) is 0. The van der Waals surface area contributed by atoms with E-state index in [-0.39, 0.29) is 0 Å². The summed E-state index contributed by atoms with van der Waals surface area (Å²) in [6, 6.07) is 0.559. The smallest absolute Gasteiger partial charge is 0.0730 e. The van der Waals surface area contributed by atoms with Gasteiger partial charge in [-0.15, -0.1) is 0 Å². The lowest BCUT2D eigenvalue weighted by molar-refractivity contribution is -0.0208. The van der Waals surface area contributed by atoms with Gasteiger partial charge in [-0.2, -0.15) is 0 Å². The quantitative estimate of drug-likeness (QED) is 0.778. The van der Waals surface area contributed by atoms with Gasteiger partial charge in [0.2, 0.25) is 0 Å². The van der Waals surface area contributed by atoms with Crippen molar-refractivity contribution in [3.05, 3.63) is 0 Å². The van der Waals surface area contributed by atoms with Crippen molar-refractivity contribution in [1.29, 1.82) is 0 Å². The monoisotopic (exact) mass is 213 g/mol. The molecule has 0 heterocycles. The molecule has 1 fully saturated rings. The maximum atomic E-state index is 5.85. The molecule has 0 bridgehead atoms. The van der Waals surface area contributed by atoms with Crippen molar-refractivity contribution >= 4 is 0 Å². The van der Waals surface area contributed by atoms with E-state index in [1.165, 1.54) is 19.3 Å². The molecule has 15 heavy (non-hydrogen) atoms. The van der Waals surface area contributed by atoms with E-state index in [1.54, 1.807) is 0 Å². The lowest BCUT2D eigenvalue weighted by Gasteiger charge is -2.41. The standard InChI is InChI=1S/C13H27NO/c1-6-15-12-9-10(13(2,3)4)7-8-11(12)14-5/h10-12,14H,6-9H2,1-5H3. The zero-order valence-electron chi connectivity index (χ0n) is 11.0. The van der Waals surface area contributed by atoms with Crippen molar-refractivity contribution in [2.75, 3.05) is 13.7 Å². The summed E-state index contributed by atoms with van der Waals surface area (Å²) in [6.07, 6.45) is 4.21. The van der Waals surface area contributed by atoms with E-state index >= 15 is 0 Å². The van der Waals surface area contributed by atoms with Crippen LogP contribution >= 0.6 is 0 Å². The van der Waals surface area contributed by atoms with E-state index in [0.29, 0.717) is 17.6 Å². The number of likely N-dealkylation sites (N-methyl/N-ethyl adjacent to an activating group) is 1. The summed E-state index contributed by atoms with van der Waals surface area (Å²) >= 11 is 0. The molecule has 1 aliphatic carbocycles. The van der Waals surface area contributed by atoms with E-state index in [1.807, 2.05) is 7.05 Å². The van der Waals surface area contributed by atoms with Crippen molar-refractivity contribution in [2.45, 2.75) is 59.1 Å². The first kappa shape index (κ1) is 13.0. The molecule has 0 aromatic heterocycles. The summed E-state index contributed by atoms with van der Waals surface area (Å²) in [7, 11) is 2.05. The van der Waals surface area contributed by atoms with Crippen LogP contribution in [-0.4, -0.2) is 25.8 Å². The first-order valence-electron chi connectivity index (χ1n) is 6.28. The molecule has 1 aliphatic rings. The maximum absolute atomic E-state index is 5.85. The normalized spacial score (nSPS) is 33.0. The molecule has 2 nitrogen and oxygen atoms in total. The van der Waals surface area contributed by atoms with Gasteiger partial charge in [-0.05, 0) is 44.6 Å². The van der Waals surface area contributed by atoms with Crippen LogP contribution in [0.2, 0.25) is 0 Å². The Labute approximate surface area is 94.8 Å². The minimum atomic E-state index is 0.415. The molecular formula is C13H27NO. The minimum Gasteiger partial charge on any atom is -0.377 e. The topological polar surface area (TPSA) is 21.3 Å². The summed E-state index contributed by atoms with van der Waals surface area (Å²) in [5, 5.41) is 3.39. The molecule has 0 aliphatic heterocycles. The van der Waals surface area contributed by atoms with Crippen molar-refractivity contribution in [2.24, 2.45) is 11.3 Å². The molecule has 1 N–H and O–H groups in total. The highest BCUT2D eigenvalue weighted by atomic mass is 16.5. The molecule has 0 amide bonds. The number of ether oxygens (including phenoxy) is 1. The van der Waals surface area contributed by atoms with Gasteiger partial charge in [0.05, 0.1) is 6.10 Å². The highest BCUT2D eigenvalue weighted by Gasteiger charge is 2.35. The van der Waals surface area contributed by atoms with Gasteiger partial charge < -0.3 is 10.1 Å². The molecule has 3 atom stereocenters. The molecule has 0 aromatic rings. The Balaban J connectivity index is 2.57. The molecule has 0 spiro atoms. The van der Waals surface area contributed by atoms with Crippen LogP contribution in [0.4, 0.5) is 0 Å². The largest absolute Gasteiger partial charge is 0.377 e. The van der Waals surface area contributed by atoms with E-state index in [0.717, 1.165) is 12.5 Å². The van der Waals surface area contributed by atoms with Gasteiger partial charge in [-0.25, -0.2) is 0 Å². The molecule has 0 saturated heterocycles. The average Bonchev–Trinajstić information content (AvgIpc) is 2.17. The van der Waals surface area contributed by atoms with Gasteiger partial charge in [0.1, 0.15) is 0 Å². The van der Waals surface area contributed by atoms with E-state index in [4.69, 9.17) is 4.74 Å². The van der Waals surface area contributed by atoms with Crippen LogP contribution in [0.15, 0.2) is 0 Å². The molecule has 1 rings (SSSR count). The van der Waals surface area contributed by atoms with Gasteiger partial charge in [0.25, 0.3) is 0 Å². The minimum absolute atomic E-state index is 0.415. The highest BCUT2D eigenvalue weighted by molar-refractivity contribution is 4.89. The van der Waals surface area contributed by atoms with Crippen LogP contribution in [0.3, 0.4) is 0 Å². The Bertz CT molecular complexity index is 185. The second-order valence-electron chi connectivity index (χ2n) is 5.76. The van der Waals surface area contributed by atoms with Crippen molar-refractivity contribution < 1.29 is 4.74 Å². The lowest BCUT2D eigenvalue weighted by atomic mass is 9.70. The van der Waals surface area contributed by atoms with Gasteiger partial charge >= 0.3 is 0 Å². The average molecular weight is 213 g/mol. The summed E-state index contributed by atoms with van der Waals surface area (Å²) < 4.78 is 5.85. The molecule has 0 aromatic carbocycles. The third-order valence-electron chi connectivity index (χ3n) is 3.77. The van der Waals surface area contributed by atoms with Gasteiger partial charge in [-0.3, -0.25) is 0 Å². The van der Waals surface area contributed by atoms with Gasteiger partial charge in [-0.1, -0.05) is 20.8 Å². The second kappa shape index (κ2) is 5.31. The number of hydrogen-bond donors (Lipinski definition) is 1. The Kier molecular flexibility index (Phi) is 4.60. The number of nitrogens with one attached hydrogen (secondary N) is 1. The fourth-order valence-electron chi connectivity index (χ4n) is 2.64. The molecule has 3 unspecified atom stereocenters. The van der Waals surface area contributed by atoms with E-state index in [2.05, 4.69) is 33.0 Å². The molecule has 90 valence electrons. The Morgan fingerprint density at radius 1 is 1.27 bits per heavy atom. The van der Waals surface area contributed by atoms with E-state index in [9.17, 15) is 0 Å². The fourth-order valence-corrected chi connectivity index (χ4v) is 2.64. The van der Waals surface area contributed by atoms with Gasteiger partial charge in [0, 0.05) is 12.6 Å². The van der Waals surface area contributed by atoms with Crippen LogP contribution in [0.5, 0.6) is 0 Å². The third kappa shape index (κ3) is 3.46. The van der Waals surface area contributed by atoms with Crippen LogP contribution in [0, 0.1) is 11.3 Å². The van der Waals surface area contributed by atoms with Crippen LogP contribution in [0.1, 0.15) is 47.0 Å².